The van der Waals surface area contributed by atoms with Crippen LogP contribution in [-0.2, 0) is 4.79 Å². The molecule has 37 heavy (non-hydrogen) atoms. The number of benzene rings is 1. The molecule has 0 atom stereocenters. The summed E-state index contributed by atoms with van der Waals surface area (Å²) in [6.45, 7) is 8.10. The van der Waals surface area contributed by atoms with Crippen LogP contribution in [0.4, 0.5) is 22.5 Å². The largest absolute Gasteiger partial charge is 0.481 e. The Morgan fingerprint density at radius 1 is 1.14 bits per heavy atom. The SMILES string of the molecule is Cc1nc(Nc2ncc(C(=O)Nc3c(C)cccc3Cl)s2)cc(N2CCN(CCCCC(=O)O)CC2)n1. The van der Waals surface area contributed by atoms with E-state index in [0.717, 1.165) is 50.5 Å². The highest BCUT2D eigenvalue weighted by Gasteiger charge is 2.20. The Hall–Kier alpha value is -3.28. The Bertz CT molecular complexity index is 1240. The van der Waals surface area contributed by atoms with Crippen LogP contribution in [0.15, 0.2) is 30.5 Å². The van der Waals surface area contributed by atoms with Crippen molar-refractivity contribution in [2.75, 3.05) is 48.3 Å². The van der Waals surface area contributed by atoms with Crippen LogP contribution >= 0.6 is 22.9 Å². The standard InChI is InChI=1S/C25H30ClN7O3S/c1-16-6-5-7-18(26)23(16)31-24(36)19-15-27-25(37-19)30-20-14-21(29-17(2)28-20)33-12-10-32(11-13-33)9-4-3-8-22(34)35/h5-7,14-15H,3-4,8-13H2,1-2H3,(H,31,36)(H,34,35)(H,27,28,29,30). The first-order chi connectivity index (χ1) is 17.8. The average molecular weight is 544 g/mol. The number of carbonyl (C=O) groups is 2. The van der Waals surface area contributed by atoms with Crippen molar-refractivity contribution >= 4 is 57.3 Å². The van der Waals surface area contributed by atoms with E-state index in [9.17, 15) is 9.59 Å². The van der Waals surface area contributed by atoms with Crippen molar-refractivity contribution in [3.05, 3.63) is 51.7 Å². The topological polar surface area (TPSA) is 124 Å². The van der Waals surface area contributed by atoms with Crippen LogP contribution in [0.5, 0.6) is 0 Å². The highest BCUT2D eigenvalue weighted by molar-refractivity contribution is 7.17. The molecule has 3 aromatic rings. The van der Waals surface area contributed by atoms with Gasteiger partial charge in [-0.15, -0.1) is 0 Å². The molecule has 0 radical (unpaired) electrons. The molecule has 2 aromatic heterocycles. The highest BCUT2D eigenvalue weighted by Crippen LogP contribution is 2.28. The van der Waals surface area contributed by atoms with E-state index in [-0.39, 0.29) is 12.3 Å². The molecule has 10 nitrogen and oxygen atoms in total. The third-order valence-electron chi connectivity index (χ3n) is 6.06. The quantitative estimate of drug-likeness (QED) is 0.315. The maximum atomic E-state index is 12.7. The van der Waals surface area contributed by atoms with E-state index in [1.54, 1.807) is 6.07 Å². The summed E-state index contributed by atoms with van der Waals surface area (Å²) in [4.78, 5) is 41.9. The lowest BCUT2D eigenvalue weighted by atomic mass is 10.2. The molecular formula is C25H30ClN7O3S. The number of hydrogen-bond acceptors (Lipinski definition) is 9. The zero-order valence-electron chi connectivity index (χ0n) is 20.8. The monoisotopic (exact) mass is 543 g/mol. The van der Waals surface area contributed by atoms with Gasteiger partial charge in [0.05, 0.1) is 16.9 Å². The third-order valence-corrected chi connectivity index (χ3v) is 7.29. The second kappa shape index (κ2) is 12.3. The Kier molecular flexibility index (Phi) is 8.91. The molecule has 0 aliphatic carbocycles. The smallest absolute Gasteiger partial charge is 0.303 e. The van der Waals surface area contributed by atoms with Crippen LogP contribution in [0.25, 0.3) is 0 Å². The van der Waals surface area contributed by atoms with Crippen molar-refractivity contribution in [1.82, 2.24) is 19.9 Å². The van der Waals surface area contributed by atoms with E-state index >= 15 is 0 Å². The number of thiazole rings is 1. The number of anilines is 4. The van der Waals surface area contributed by atoms with Gasteiger partial charge in [-0.05, 0) is 44.9 Å². The fourth-order valence-corrected chi connectivity index (χ4v) is 5.09. The zero-order valence-corrected chi connectivity index (χ0v) is 22.4. The van der Waals surface area contributed by atoms with Crippen LogP contribution in [-0.4, -0.2) is 69.6 Å². The van der Waals surface area contributed by atoms with Gasteiger partial charge < -0.3 is 20.6 Å². The van der Waals surface area contributed by atoms with Crippen LogP contribution in [0.2, 0.25) is 5.02 Å². The zero-order chi connectivity index (χ0) is 26.4. The molecule has 0 saturated carbocycles. The summed E-state index contributed by atoms with van der Waals surface area (Å²) in [5.41, 5.74) is 1.47. The van der Waals surface area contributed by atoms with Crippen LogP contribution in [0.3, 0.4) is 0 Å². The summed E-state index contributed by atoms with van der Waals surface area (Å²) >= 11 is 7.47. The average Bonchev–Trinajstić information content (AvgIpc) is 3.32. The molecule has 0 unspecified atom stereocenters. The van der Waals surface area contributed by atoms with Crippen molar-refractivity contribution < 1.29 is 14.7 Å². The summed E-state index contributed by atoms with van der Waals surface area (Å²) in [5, 5.41) is 15.9. The molecule has 4 rings (SSSR count). The van der Waals surface area contributed by atoms with E-state index in [1.165, 1.54) is 17.5 Å². The summed E-state index contributed by atoms with van der Waals surface area (Å²) in [5.74, 6) is 1.07. The van der Waals surface area contributed by atoms with E-state index in [4.69, 9.17) is 16.7 Å². The lowest BCUT2D eigenvalue weighted by molar-refractivity contribution is -0.137. The minimum atomic E-state index is -0.738. The second-order valence-electron chi connectivity index (χ2n) is 8.88. The molecule has 196 valence electrons. The van der Waals surface area contributed by atoms with Gasteiger partial charge in [-0.2, -0.15) is 0 Å². The first kappa shape index (κ1) is 26.8. The first-order valence-corrected chi connectivity index (χ1v) is 13.3. The van der Waals surface area contributed by atoms with Crippen molar-refractivity contribution in [2.45, 2.75) is 33.1 Å². The first-order valence-electron chi connectivity index (χ1n) is 12.1. The van der Waals surface area contributed by atoms with Gasteiger partial charge in [0.15, 0.2) is 5.13 Å². The maximum absolute atomic E-state index is 12.7. The van der Waals surface area contributed by atoms with Gasteiger partial charge in [0.25, 0.3) is 5.91 Å². The summed E-state index contributed by atoms with van der Waals surface area (Å²) in [6.07, 6.45) is 3.34. The highest BCUT2D eigenvalue weighted by atomic mass is 35.5. The van der Waals surface area contributed by atoms with Gasteiger partial charge in [-0.25, -0.2) is 15.0 Å². The Morgan fingerprint density at radius 3 is 2.65 bits per heavy atom. The number of aliphatic carboxylic acids is 1. The molecule has 1 saturated heterocycles. The molecule has 1 aromatic carbocycles. The van der Waals surface area contributed by atoms with E-state index in [0.29, 0.717) is 38.8 Å². The fourth-order valence-electron chi connectivity index (χ4n) is 4.10. The Labute approximate surface area is 224 Å². The molecule has 1 aliphatic heterocycles. The number of unbranched alkanes of at least 4 members (excludes halogenated alkanes) is 1. The Balaban J connectivity index is 1.34. The molecule has 12 heteroatoms. The van der Waals surface area contributed by atoms with Crippen molar-refractivity contribution in [3.8, 4) is 0 Å². The third kappa shape index (κ3) is 7.37. The number of nitrogens with one attached hydrogen (secondary N) is 2. The summed E-state index contributed by atoms with van der Waals surface area (Å²) < 4.78 is 0. The Morgan fingerprint density at radius 2 is 1.92 bits per heavy atom. The van der Waals surface area contributed by atoms with Gasteiger partial charge in [0, 0.05) is 38.7 Å². The number of hydrogen-bond donors (Lipinski definition) is 3. The summed E-state index contributed by atoms with van der Waals surface area (Å²) in [6, 6.07) is 7.36. The number of halogens is 1. The fraction of sp³-hybridized carbons (Fsp3) is 0.400. The predicted molar refractivity (Wildman–Crippen MR) is 146 cm³/mol. The predicted octanol–water partition coefficient (Wildman–Crippen LogP) is 4.58. The molecular weight excluding hydrogens is 514 g/mol. The van der Waals surface area contributed by atoms with Crippen LogP contribution in [0, 0.1) is 13.8 Å². The molecule has 1 fully saturated rings. The minimum absolute atomic E-state index is 0.224. The number of piperazine rings is 1. The van der Waals surface area contributed by atoms with Crippen LogP contribution < -0.4 is 15.5 Å². The van der Waals surface area contributed by atoms with E-state index in [2.05, 4.69) is 35.4 Å². The molecule has 1 aliphatic rings. The van der Waals surface area contributed by atoms with Crippen molar-refractivity contribution in [1.29, 1.82) is 0 Å². The van der Waals surface area contributed by atoms with E-state index < -0.39 is 5.97 Å². The minimum Gasteiger partial charge on any atom is -0.481 e. The van der Waals surface area contributed by atoms with Gasteiger partial charge >= 0.3 is 5.97 Å². The number of amides is 1. The molecule has 0 bridgehead atoms. The molecule has 3 N–H and O–H groups in total. The normalized spacial score (nSPS) is 14.0. The van der Waals surface area contributed by atoms with Gasteiger partial charge in [0.1, 0.15) is 22.3 Å². The maximum Gasteiger partial charge on any atom is 0.303 e. The number of rotatable bonds is 10. The number of carboxylic acid groups (broad SMARTS) is 1. The second-order valence-corrected chi connectivity index (χ2v) is 10.3. The number of para-hydroxylation sites is 1. The van der Waals surface area contributed by atoms with Gasteiger partial charge in [-0.1, -0.05) is 35.1 Å². The number of nitrogens with zero attached hydrogens (tertiary/aromatic N) is 5. The summed E-state index contributed by atoms with van der Waals surface area (Å²) in [7, 11) is 0. The number of carbonyl (C=O) groups excluding carboxylic acids is 1. The van der Waals surface area contributed by atoms with Crippen LogP contribution in [0.1, 0.15) is 40.3 Å². The lowest BCUT2D eigenvalue weighted by Crippen LogP contribution is -2.47. The molecule has 3 heterocycles. The van der Waals surface area contributed by atoms with Gasteiger partial charge in [0.2, 0.25) is 0 Å². The number of aryl methyl sites for hydroxylation is 2. The van der Waals surface area contributed by atoms with Crippen molar-refractivity contribution in [2.24, 2.45) is 0 Å². The molecule has 0 spiro atoms. The van der Waals surface area contributed by atoms with E-state index in [1.807, 2.05) is 32.0 Å². The number of carboxylic acids is 1. The number of aromatic nitrogens is 3. The lowest BCUT2D eigenvalue weighted by Gasteiger charge is -2.35. The van der Waals surface area contributed by atoms with Gasteiger partial charge in [-0.3, -0.25) is 14.5 Å². The molecule has 1 amide bonds. The van der Waals surface area contributed by atoms with Crippen molar-refractivity contribution in [3.63, 3.8) is 0 Å².